The highest BCUT2D eigenvalue weighted by Gasteiger charge is 2.30. The van der Waals surface area contributed by atoms with E-state index < -0.39 is 0 Å². The number of carbonyl (C=O) groups is 2. The smallest absolute Gasteiger partial charge is 0.253 e. The molecule has 2 amide bonds. The van der Waals surface area contributed by atoms with Crippen molar-refractivity contribution in [2.45, 2.75) is 32.3 Å². The van der Waals surface area contributed by atoms with Crippen LogP contribution in [0.1, 0.15) is 51.1 Å². The molecule has 0 bridgehead atoms. The number of halogens is 1. The SMILES string of the molecule is Cc1c(C(=O)NCC2CCCCO2)ccc(N)c1C=NCC1CN(C(=O)c2ccc(Cl)cc2)C1. The number of aliphatic imine (C=N–C) groups is 1. The molecule has 2 aromatic carbocycles. The number of anilines is 1. The van der Waals surface area contributed by atoms with Crippen molar-refractivity contribution in [1.82, 2.24) is 10.2 Å². The molecule has 2 heterocycles. The minimum atomic E-state index is -0.128. The maximum Gasteiger partial charge on any atom is 0.253 e. The van der Waals surface area contributed by atoms with Crippen molar-refractivity contribution in [3.8, 4) is 0 Å². The molecule has 0 radical (unpaired) electrons. The monoisotopic (exact) mass is 482 g/mol. The third kappa shape index (κ3) is 5.77. The zero-order valence-corrected chi connectivity index (χ0v) is 20.2. The molecule has 0 saturated carbocycles. The largest absolute Gasteiger partial charge is 0.398 e. The second-order valence-corrected chi connectivity index (χ2v) is 9.45. The molecule has 2 aliphatic rings. The molecule has 2 saturated heterocycles. The van der Waals surface area contributed by atoms with Crippen LogP contribution in [0.15, 0.2) is 41.4 Å². The average Bonchev–Trinajstić information content (AvgIpc) is 2.81. The first-order valence-corrected chi connectivity index (χ1v) is 12.1. The lowest BCUT2D eigenvalue weighted by Gasteiger charge is -2.38. The van der Waals surface area contributed by atoms with Gasteiger partial charge in [-0.25, -0.2) is 0 Å². The summed E-state index contributed by atoms with van der Waals surface area (Å²) in [6.07, 6.45) is 5.03. The molecule has 0 aliphatic carbocycles. The molecule has 0 aromatic heterocycles. The number of carbonyl (C=O) groups excluding carboxylic acids is 2. The molecular formula is C26H31ClN4O3. The van der Waals surface area contributed by atoms with E-state index in [1.807, 2.05) is 11.8 Å². The average molecular weight is 483 g/mol. The number of nitrogens with one attached hydrogen (secondary N) is 1. The van der Waals surface area contributed by atoms with Gasteiger partial charge in [-0.1, -0.05) is 11.6 Å². The van der Waals surface area contributed by atoms with Crippen molar-refractivity contribution in [2.75, 3.05) is 38.5 Å². The first-order chi connectivity index (χ1) is 16.4. The van der Waals surface area contributed by atoms with Gasteiger partial charge < -0.3 is 20.7 Å². The first-order valence-electron chi connectivity index (χ1n) is 11.8. The summed E-state index contributed by atoms with van der Waals surface area (Å²) >= 11 is 5.89. The molecule has 1 atom stereocenters. The molecule has 4 rings (SSSR count). The van der Waals surface area contributed by atoms with Gasteiger partial charge in [0.1, 0.15) is 0 Å². The third-order valence-electron chi connectivity index (χ3n) is 6.48. The number of hydrogen-bond acceptors (Lipinski definition) is 5. The van der Waals surface area contributed by atoms with Crippen LogP contribution >= 0.6 is 11.6 Å². The standard InChI is InChI=1S/C26H31ClN4O3/c1-17-22(25(32)30-13-21-4-2-3-11-34-21)9-10-24(28)23(17)14-29-12-18-15-31(16-18)26(33)19-5-7-20(27)8-6-19/h5-10,14,18,21H,2-4,11-13,15-16,28H2,1H3,(H,30,32). The van der Waals surface area contributed by atoms with E-state index in [9.17, 15) is 9.59 Å². The summed E-state index contributed by atoms with van der Waals surface area (Å²) in [6, 6.07) is 10.4. The van der Waals surface area contributed by atoms with E-state index in [0.717, 1.165) is 37.0 Å². The van der Waals surface area contributed by atoms with Crippen LogP contribution in [0.5, 0.6) is 0 Å². The first kappa shape index (κ1) is 24.2. The number of nitrogens with two attached hydrogens (primary N) is 1. The number of hydrogen-bond donors (Lipinski definition) is 2. The zero-order valence-electron chi connectivity index (χ0n) is 19.4. The van der Waals surface area contributed by atoms with Crippen LogP contribution in [0, 0.1) is 12.8 Å². The Balaban J connectivity index is 1.30. The van der Waals surface area contributed by atoms with E-state index in [-0.39, 0.29) is 17.9 Å². The second kappa shape index (κ2) is 11.0. The Labute approximate surface area is 205 Å². The summed E-state index contributed by atoms with van der Waals surface area (Å²) in [5.41, 5.74) is 9.56. The van der Waals surface area contributed by atoms with E-state index in [4.69, 9.17) is 22.1 Å². The highest BCUT2D eigenvalue weighted by molar-refractivity contribution is 6.30. The quantitative estimate of drug-likeness (QED) is 0.464. The summed E-state index contributed by atoms with van der Waals surface area (Å²) in [4.78, 5) is 31.6. The Hall–Kier alpha value is -2.90. The molecule has 8 heteroatoms. The summed E-state index contributed by atoms with van der Waals surface area (Å²) in [5.74, 6) is 0.182. The maximum absolute atomic E-state index is 12.7. The van der Waals surface area contributed by atoms with Crippen LogP contribution in [0.25, 0.3) is 0 Å². The Kier molecular flexibility index (Phi) is 7.85. The normalized spacial score (nSPS) is 18.6. The van der Waals surface area contributed by atoms with E-state index in [1.165, 1.54) is 0 Å². The number of likely N-dealkylation sites (tertiary alicyclic amines) is 1. The van der Waals surface area contributed by atoms with Gasteiger partial charge in [0.2, 0.25) is 0 Å². The van der Waals surface area contributed by atoms with Crippen LogP contribution in [-0.2, 0) is 4.74 Å². The van der Waals surface area contributed by atoms with Crippen LogP contribution in [0.4, 0.5) is 5.69 Å². The fourth-order valence-electron chi connectivity index (χ4n) is 4.36. The van der Waals surface area contributed by atoms with E-state index in [2.05, 4.69) is 10.3 Å². The highest BCUT2D eigenvalue weighted by atomic mass is 35.5. The predicted octanol–water partition coefficient (Wildman–Crippen LogP) is 3.72. The number of ether oxygens (including phenoxy) is 1. The number of nitrogens with zero attached hydrogens (tertiary/aromatic N) is 2. The van der Waals surface area contributed by atoms with Gasteiger partial charge in [0.25, 0.3) is 11.8 Å². The molecule has 0 spiro atoms. The van der Waals surface area contributed by atoms with E-state index in [0.29, 0.717) is 53.9 Å². The lowest BCUT2D eigenvalue weighted by Crippen LogP contribution is -2.51. The van der Waals surface area contributed by atoms with E-state index >= 15 is 0 Å². The summed E-state index contributed by atoms with van der Waals surface area (Å²) in [6.45, 7) is 5.09. The van der Waals surface area contributed by atoms with E-state index in [1.54, 1.807) is 42.6 Å². The van der Waals surface area contributed by atoms with Crippen molar-refractivity contribution < 1.29 is 14.3 Å². The summed E-state index contributed by atoms with van der Waals surface area (Å²) in [7, 11) is 0. The maximum atomic E-state index is 12.7. The minimum Gasteiger partial charge on any atom is -0.398 e. The molecule has 1 unspecified atom stereocenters. The van der Waals surface area contributed by atoms with Crippen molar-refractivity contribution >= 4 is 35.3 Å². The van der Waals surface area contributed by atoms with Crippen molar-refractivity contribution in [1.29, 1.82) is 0 Å². The number of nitrogen functional groups attached to an aromatic ring is 1. The Morgan fingerprint density at radius 3 is 2.68 bits per heavy atom. The Bertz CT molecular complexity index is 1060. The molecule has 34 heavy (non-hydrogen) atoms. The lowest BCUT2D eigenvalue weighted by molar-refractivity contribution is 0.0169. The number of benzene rings is 2. The highest BCUT2D eigenvalue weighted by Crippen LogP contribution is 2.22. The Morgan fingerprint density at radius 1 is 1.21 bits per heavy atom. The molecule has 7 nitrogen and oxygen atoms in total. The second-order valence-electron chi connectivity index (χ2n) is 9.02. The van der Waals surface area contributed by atoms with Crippen LogP contribution in [-0.4, -0.2) is 61.8 Å². The fraction of sp³-hybridized carbons (Fsp3) is 0.423. The van der Waals surface area contributed by atoms with Gasteiger partial charge in [-0.2, -0.15) is 0 Å². The molecule has 3 N–H and O–H groups in total. The van der Waals surface area contributed by atoms with Gasteiger partial charge in [0, 0.05) is 72.3 Å². The number of amides is 2. The van der Waals surface area contributed by atoms with Crippen molar-refractivity contribution in [3.63, 3.8) is 0 Å². The third-order valence-corrected chi connectivity index (χ3v) is 6.73. The van der Waals surface area contributed by atoms with Crippen molar-refractivity contribution in [3.05, 3.63) is 63.7 Å². The van der Waals surface area contributed by atoms with Crippen LogP contribution in [0.3, 0.4) is 0 Å². The van der Waals surface area contributed by atoms with Crippen LogP contribution < -0.4 is 11.1 Å². The zero-order chi connectivity index (χ0) is 24.1. The lowest BCUT2D eigenvalue weighted by atomic mass is 9.98. The van der Waals surface area contributed by atoms with Gasteiger partial charge in [-0.3, -0.25) is 14.6 Å². The van der Waals surface area contributed by atoms with Gasteiger partial charge >= 0.3 is 0 Å². The summed E-state index contributed by atoms with van der Waals surface area (Å²) in [5, 5.41) is 3.60. The fourth-order valence-corrected chi connectivity index (χ4v) is 4.48. The topological polar surface area (TPSA) is 97.0 Å². The molecule has 180 valence electrons. The molecule has 2 fully saturated rings. The molecule has 2 aliphatic heterocycles. The minimum absolute atomic E-state index is 0.00863. The Morgan fingerprint density at radius 2 is 1.97 bits per heavy atom. The molecular weight excluding hydrogens is 452 g/mol. The van der Waals surface area contributed by atoms with Gasteiger partial charge in [0.15, 0.2) is 0 Å². The van der Waals surface area contributed by atoms with Gasteiger partial charge in [-0.05, 0) is 68.1 Å². The van der Waals surface area contributed by atoms with Gasteiger partial charge in [0.05, 0.1) is 6.10 Å². The summed E-state index contributed by atoms with van der Waals surface area (Å²) < 4.78 is 5.70. The van der Waals surface area contributed by atoms with Crippen molar-refractivity contribution in [2.24, 2.45) is 10.9 Å². The van der Waals surface area contributed by atoms with Gasteiger partial charge in [-0.15, -0.1) is 0 Å². The predicted molar refractivity (Wildman–Crippen MR) is 135 cm³/mol. The number of rotatable bonds is 7. The van der Waals surface area contributed by atoms with Crippen LogP contribution in [0.2, 0.25) is 5.02 Å². The molecule has 2 aromatic rings.